The molecule has 3 nitrogen and oxygen atoms in total. The maximum absolute atomic E-state index is 13.5. The van der Waals surface area contributed by atoms with Crippen LogP contribution in [-0.4, -0.2) is 40.4 Å². The summed E-state index contributed by atoms with van der Waals surface area (Å²) in [7, 11) is 0. The second kappa shape index (κ2) is 6.59. The highest BCUT2D eigenvalue weighted by Gasteiger charge is 2.40. The van der Waals surface area contributed by atoms with Gasteiger partial charge in [-0.1, -0.05) is 12.1 Å². The van der Waals surface area contributed by atoms with E-state index in [4.69, 9.17) is 0 Å². The number of carboxylic acids is 1. The zero-order valence-corrected chi connectivity index (χ0v) is 12.5. The molecule has 1 aromatic rings. The number of carbonyl (C=O) groups is 1. The largest absolute Gasteiger partial charge is 0.480 e. The van der Waals surface area contributed by atoms with Crippen LogP contribution >= 0.6 is 11.8 Å². The summed E-state index contributed by atoms with van der Waals surface area (Å²) < 4.78 is 13.5. The molecule has 0 amide bonds. The van der Waals surface area contributed by atoms with Crippen molar-refractivity contribution in [1.29, 1.82) is 0 Å². The molecule has 0 radical (unpaired) electrons. The van der Waals surface area contributed by atoms with Crippen LogP contribution in [0.5, 0.6) is 0 Å². The Morgan fingerprint density at radius 1 is 1.45 bits per heavy atom. The SMILES string of the molecule is CC1(C(=O)O)CCCCN1CCSc1ccccc1F. The minimum atomic E-state index is -0.770. The monoisotopic (exact) mass is 297 g/mol. The predicted molar refractivity (Wildman–Crippen MR) is 78.6 cm³/mol. The number of hydrogen-bond acceptors (Lipinski definition) is 3. The number of likely N-dealkylation sites (tertiary alicyclic amines) is 1. The molecule has 1 atom stereocenters. The van der Waals surface area contributed by atoms with Gasteiger partial charge in [-0.05, 0) is 44.9 Å². The lowest BCUT2D eigenvalue weighted by molar-refractivity contribution is -0.152. The van der Waals surface area contributed by atoms with E-state index in [1.165, 1.54) is 17.8 Å². The number of benzene rings is 1. The molecule has 20 heavy (non-hydrogen) atoms. The van der Waals surface area contributed by atoms with Gasteiger partial charge in [0, 0.05) is 17.2 Å². The van der Waals surface area contributed by atoms with Gasteiger partial charge in [-0.3, -0.25) is 9.69 Å². The van der Waals surface area contributed by atoms with Crippen LogP contribution < -0.4 is 0 Å². The van der Waals surface area contributed by atoms with Crippen LogP contribution in [0.3, 0.4) is 0 Å². The average Bonchev–Trinajstić information content (AvgIpc) is 2.43. The van der Waals surface area contributed by atoms with Gasteiger partial charge in [-0.15, -0.1) is 11.8 Å². The van der Waals surface area contributed by atoms with Gasteiger partial charge in [0.05, 0.1) is 0 Å². The molecule has 0 bridgehead atoms. The minimum Gasteiger partial charge on any atom is -0.480 e. The smallest absolute Gasteiger partial charge is 0.323 e. The fourth-order valence-electron chi connectivity index (χ4n) is 2.61. The molecule has 1 heterocycles. The summed E-state index contributed by atoms with van der Waals surface area (Å²) in [5.41, 5.74) is -0.770. The quantitative estimate of drug-likeness (QED) is 0.847. The first-order valence-corrected chi connectivity index (χ1v) is 7.88. The molecule has 1 aromatic carbocycles. The van der Waals surface area contributed by atoms with E-state index in [0.717, 1.165) is 19.4 Å². The molecule has 1 unspecified atom stereocenters. The summed E-state index contributed by atoms with van der Waals surface area (Å²) in [5.74, 6) is -0.269. The van der Waals surface area contributed by atoms with Crippen LogP contribution in [0.1, 0.15) is 26.2 Å². The average molecular weight is 297 g/mol. The maximum Gasteiger partial charge on any atom is 0.323 e. The van der Waals surface area contributed by atoms with Crippen LogP contribution in [0.15, 0.2) is 29.2 Å². The lowest BCUT2D eigenvalue weighted by Crippen LogP contribution is -2.55. The molecule has 5 heteroatoms. The fraction of sp³-hybridized carbons (Fsp3) is 0.533. The summed E-state index contributed by atoms with van der Waals surface area (Å²) >= 11 is 1.44. The first kappa shape index (κ1) is 15.3. The standard InChI is InChI=1S/C15H20FNO2S/c1-15(14(18)19)8-4-5-9-17(15)10-11-20-13-7-3-2-6-12(13)16/h2-3,6-7H,4-5,8-11H2,1H3,(H,18,19). The summed E-state index contributed by atoms with van der Waals surface area (Å²) in [6, 6.07) is 6.69. The number of carboxylic acid groups (broad SMARTS) is 1. The van der Waals surface area contributed by atoms with Gasteiger partial charge in [-0.2, -0.15) is 0 Å². The molecule has 1 saturated heterocycles. The Balaban J connectivity index is 1.92. The van der Waals surface area contributed by atoms with Gasteiger partial charge in [0.2, 0.25) is 0 Å². The number of piperidine rings is 1. The van der Waals surface area contributed by atoms with Crippen molar-refractivity contribution in [3.63, 3.8) is 0 Å². The first-order valence-electron chi connectivity index (χ1n) is 6.90. The van der Waals surface area contributed by atoms with Gasteiger partial charge >= 0.3 is 5.97 Å². The topological polar surface area (TPSA) is 40.5 Å². The van der Waals surface area contributed by atoms with Crippen LogP contribution in [0.4, 0.5) is 4.39 Å². The number of nitrogens with zero attached hydrogens (tertiary/aromatic N) is 1. The number of hydrogen-bond donors (Lipinski definition) is 1. The molecule has 1 aliphatic heterocycles. The number of rotatable bonds is 5. The van der Waals surface area contributed by atoms with Crippen molar-refractivity contribution < 1.29 is 14.3 Å². The number of aliphatic carboxylic acids is 1. The van der Waals surface area contributed by atoms with Crippen LogP contribution in [0.25, 0.3) is 0 Å². The van der Waals surface area contributed by atoms with Gasteiger partial charge in [0.1, 0.15) is 11.4 Å². The molecule has 1 N–H and O–H groups in total. The van der Waals surface area contributed by atoms with Crippen LogP contribution in [0, 0.1) is 5.82 Å². The molecular weight excluding hydrogens is 277 g/mol. The highest BCUT2D eigenvalue weighted by atomic mass is 32.2. The van der Waals surface area contributed by atoms with Crippen molar-refractivity contribution >= 4 is 17.7 Å². The summed E-state index contributed by atoms with van der Waals surface area (Å²) in [4.78, 5) is 14.1. The normalized spacial score (nSPS) is 23.7. The minimum absolute atomic E-state index is 0.211. The third-order valence-corrected chi connectivity index (χ3v) is 4.98. The highest BCUT2D eigenvalue weighted by Crippen LogP contribution is 2.29. The maximum atomic E-state index is 13.5. The Labute approximate surface area is 123 Å². The van der Waals surface area contributed by atoms with Crippen molar-refractivity contribution in [3.8, 4) is 0 Å². The lowest BCUT2D eigenvalue weighted by Gasteiger charge is -2.41. The number of thioether (sulfide) groups is 1. The fourth-order valence-corrected chi connectivity index (χ4v) is 3.52. The zero-order valence-electron chi connectivity index (χ0n) is 11.6. The van der Waals surface area contributed by atoms with Crippen molar-refractivity contribution in [2.24, 2.45) is 0 Å². The molecule has 1 aliphatic rings. The van der Waals surface area contributed by atoms with Gasteiger partial charge in [0.15, 0.2) is 0 Å². The van der Waals surface area contributed by atoms with Crippen molar-refractivity contribution in [3.05, 3.63) is 30.1 Å². The molecule has 0 spiro atoms. The van der Waals surface area contributed by atoms with E-state index >= 15 is 0 Å². The Bertz CT molecular complexity index is 483. The van der Waals surface area contributed by atoms with E-state index in [2.05, 4.69) is 0 Å². The second-order valence-corrected chi connectivity index (χ2v) is 6.44. The molecule has 0 aliphatic carbocycles. The Kier molecular flexibility index (Phi) is 5.05. The van der Waals surface area contributed by atoms with Crippen LogP contribution in [0.2, 0.25) is 0 Å². The van der Waals surface area contributed by atoms with E-state index in [1.807, 2.05) is 11.0 Å². The molecule has 110 valence electrons. The molecular formula is C15H20FNO2S. The molecule has 1 fully saturated rings. The summed E-state index contributed by atoms with van der Waals surface area (Å²) in [6.45, 7) is 3.27. The second-order valence-electron chi connectivity index (χ2n) is 5.30. The van der Waals surface area contributed by atoms with Crippen LogP contribution in [-0.2, 0) is 4.79 Å². The Hall–Kier alpha value is -1.07. The Morgan fingerprint density at radius 3 is 2.90 bits per heavy atom. The van der Waals surface area contributed by atoms with Crippen molar-refractivity contribution in [2.45, 2.75) is 36.6 Å². The first-order chi connectivity index (χ1) is 9.54. The van der Waals surface area contributed by atoms with Crippen molar-refractivity contribution in [1.82, 2.24) is 4.90 Å². The van der Waals surface area contributed by atoms with E-state index in [0.29, 0.717) is 23.6 Å². The number of halogens is 1. The predicted octanol–water partition coefficient (Wildman–Crippen LogP) is 3.25. The third kappa shape index (κ3) is 3.33. The lowest BCUT2D eigenvalue weighted by atomic mass is 9.88. The van der Waals surface area contributed by atoms with Crippen molar-refractivity contribution in [2.75, 3.05) is 18.8 Å². The summed E-state index contributed by atoms with van der Waals surface area (Å²) in [6.07, 6.45) is 2.68. The van der Waals surface area contributed by atoms with E-state index in [-0.39, 0.29) is 5.82 Å². The van der Waals surface area contributed by atoms with Gasteiger partial charge in [-0.25, -0.2) is 4.39 Å². The molecule has 0 aromatic heterocycles. The summed E-state index contributed by atoms with van der Waals surface area (Å²) in [5, 5.41) is 9.42. The third-order valence-electron chi connectivity index (χ3n) is 3.96. The zero-order chi connectivity index (χ0) is 14.6. The van der Waals surface area contributed by atoms with E-state index in [9.17, 15) is 14.3 Å². The molecule has 0 saturated carbocycles. The highest BCUT2D eigenvalue weighted by molar-refractivity contribution is 7.99. The van der Waals surface area contributed by atoms with E-state index in [1.54, 1.807) is 19.1 Å². The van der Waals surface area contributed by atoms with Gasteiger partial charge < -0.3 is 5.11 Å². The van der Waals surface area contributed by atoms with Gasteiger partial charge in [0.25, 0.3) is 0 Å². The Morgan fingerprint density at radius 2 is 2.20 bits per heavy atom. The van der Waals surface area contributed by atoms with E-state index < -0.39 is 11.5 Å². The molecule has 2 rings (SSSR count).